The van der Waals surface area contributed by atoms with Gasteiger partial charge in [-0.3, -0.25) is 4.79 Å². The minimum Gasteiger partial charge on any atom is -0.469 e. The zero-order valence-corrected chi connectivity index (χ0v) is 12.1. The van der Waals surface area contributed by atoms with Gasteiger partial charge in [0, 0.05) is 18.0 Å². The lowest BCUT2D eigenvalue weighted by molar-refractivity contribution is 0.0939. The van der Waals surface area contributed by atoms with E-state index in [4.69, 9.17) is 25.5 Å². The van der Waals surface area contributed by atoms with Crippen molar-refractivity contribution in [3.63, 3.8) is 0 Å². The molecule has 0 fully saturated rings. The molecule has 0 bridgehead atoms. The lowest BCUT2D eigenvalue weighted by atomic mass is 10.1. The van der Waals surface area contributed by atoms with Gasteiger partial charge >= 0.3 is 0 Å². The first kappa shape index (κ1) is 13.8. The summed E-state index contributed by atoms with van der Waals surface area (Å²) in [7, 11) is 0. The summed E-state index contributed by atoms with van der Waals surface area (Å²) in [4.78, 5) is 12.2. The van der Waals surface area contributed by atoms with Gasteiger partial charge in [-0.05, 0) is 31.2 Å². The highest BCUT2D eigenvalue weighted by Gasteiger charge is 2.21. The van der Waals surface area contributed by atoms with Gasteiger partial charge in [0.25, 0.3) is 5.91 Å². The van der Waals surface area contributed by atoms with Crippen LogP contribution in [0.25, 0.3) is 0 Å². The van der Waals surface area contributed by atoms with Crippen LogP contribution in [-0.2, 0) is 6.42 Å². The van der Waals surface area contributed by atoms with E-state index in [0.717, 1.165) is 5.76 Å². The number of ether oxygens (including phenoxy) is 2. The van der Waals surface area contributed by atoms with Crippen molar-refractivity contribution in [2.24, 2.45) is 0 Å². The molecule has 0 radical (unpaired) electrons. The minimum absolute atomic E-state index is 0.0622. The van der Waals surface area contributed by atoms with E-state index in [1.807, 2.05) is 19.1 Å². The molecule has 0 saturated carbocycles. The number of rotatable bonds is 4. The standard InChI is InChI=1S/C15H14ClNO4/c1-9(5-11-3-2-4-19-11)17-15(18)10-6-12(16)14-13(7-10)20-8-21-14/h2-4,6-7,9H,5,8H2,1H3,(H,17,18). The van der Waals surface area contributed by atoms with E-state index < -0.39 is 0 Å². The molecule has 0 saturated heterocycles. The molecule has 1 aliphatic heterocycles. The quantitative estimate of drug-likeness (QED) is 0.943. The van der Waals surface area contributed by atoms with E-state index in [1.165, 1.54) is 0 Å². The maximum Gasteiger partial charge on any atom is 0.251 e. The van der Waals surface area contributed by atoms with Gasteiger partial charge in [0.15, 0.2) is 11.5 Å². The minimum atomic E-state index is -0.214. The number of nitrogens with one attached hydrogen (secondary N) is 1. The van der Waals surface area contributed by atoms with Crippen molar-refractivity contribution in [2.45, 2.75) is 19.4 Å². The van der Waals surface area contributed by atoms with E-state index in [0.29, 0.717) is 28.5 Å². The molecule has 1 aromatic carbocycles. The topological polar surface area (TPSA) is 60.7 Å². The Balaban J connectivity index is 1.69. The maximum atomic E-state index is 12.2. The molecule has 1 amide bonds. The summed E-state index contributed by atoms with van der Waals surface area (Å²) in [5.41, 5.74) is 0.440. The second kappa shape index (κ2) is 5.69. The van der Waals surface area contributed by atoms with Crippen molar-refractivity contribution in [3.05, 3.63) is 46.9 Å². The van der Waals surface area contributed by atoms with Gasteiger partial charge in [-0.2, -0.15) is 0 Å². The van der Waals surface area contributed by atoms with Crippen LogP contribution >= 0.6 is 11.6 Å². The molecule has 6 heteroatoms. The summed E-state index contributed by atoms with van der Waals surface area (Å²) in [6, 6.07) is 6.84. The first-order chi connectivity index (χ1) is 10.1. The molecule has 1 aromatic heterocycles. The van der Waals surface area contributed by atoms with Crippen LogP contribution in [0, 0.1) is 0 Å². The van der Waals surface area contributed by atoms with Crippen molar-refractivity contribution >= 4 is 17.5 Å². The molecule has 1 unspecified atom stereocenters. The van der Waals surface area contributed by atoms with Crippen LogP contribution in [0.3, 0.4) is 0 Å². The Kier molecular flexibility index (Phi) is 3.75. The van der Waals surface area contributed by atoms with Crippen molar-refractivity contribution < 1.29 is 18.7 Å². The second-order valence-corrected chi connectivity index (χ2v) is 5.26. The molecular weight excluding hydrogens is 294 g/mol. The summed E-state index contributed by atoms with van der Waals surface area (Å²) in [6.45, 7) is 2.03. The molecule has 21 heavy (non-hydrogen) atoms. The zero-order valence-electron chi connectivity index (χ0n) is 11.4. The van der Waals surface area contributed by atoms with Gasteiger partial charge in [0.05, 0.1) is 11.3 Å². The number of hydrogen-bond acceptors (Lipinski definition) is 4. The van der Waals surface area contributed by atoms with Crippen LogP contribution in [-0.4, -0.2) is 18.7 Å². The number of benzene rings is 1. The Bertz CT molecular complexity index is 654. The van der Waals surface area contributed by atoms with Crippen molar-refractivity contribution in [1.29, 1.82) is 0 Å². The van der Waals surface area contributed by atoms with E-state index in [9.17, 15) is 4.79 Å². The summed E-state index contributed by atoms with van der Waals surface area (Å²) in [5, 5.41) is 3.27. The summed E-state index contributed by atoms with van der Waals surface area (Å²) >= 11 is 6.07. The predicted octanol–water partition coefficient (Wildman–Crippen LogP) is 3.02. The van der Waals surface area contributed by atoms with Crippen molar-refractivity contribution in [3.8, 4) is 11.5 Å². The molecule has 2 aromatic rings. The number of fused-ring (bicyclic) bond motifs is 1. The number of amides is 1. The predicted molar refractivity (Wildman–Crippen MR) is 76.9 cm³/mol. The Morgan fingerprint density at radius 1 is 1.43 bits per heavy atom. The fourth-order valence-corrected chi connectivity index (χ4v) is 2.45. The molecule has 2 heterocycles. The Labute approximate surface area is 126 Å². The van der Waals surface area contributed by atoms with Gasteiger partial charge in [-0.15, -0.1) is 0 Å². The zero-order chi connectivity index (χ0) is 14.8. The second-order valence-electron chi connectivity index (χ2n) is 4.85. The number of carbonyl (C=O) groups is 1. The smallest absolute Gasteiger partial charge is 0.251 e. The van der Waals surface area contributed by atoms with Crippen LogP contribution in [0.5, 0.6) is 11.5 Å². The fraction of sp³-hybridized carbons (Fsp3) is 0.267. The molecule has 110 valence electrons. The number of carbonyl (C=O) groups excluding carboxylic acids is 1. The average molecular weight is 308 g/mol. The molecule has 1 aliphatic rings. The molecular formula is C15H14ClNO4. The third-order valence-electron chi connectivity index (χ3n) is 3.15. The van der Waals surface area contributed by atoms with Crippen molar-refractivity contribution in [2.75, 3.05) is 6.79 Å². The first-order valence-electron chi connectivity index (χ1n) is 6.56. The van der Waals surface area contributed by atoms with E-state index in [1.54, 1.807) is 18.4 Å². The van der Waals surface area contributed by atoms with Crippen LogP contribution in [0.1, 0.15) is 23.0 Å². The molecule has 0 spiro atoms. The fourth-order valence-electron chi connectivity index (χ4n) is 2.19. The number of hydrogen-bond donors (Lipinski definition) is 1. The van der Waals surface area contributed by atoms with E-state index >= 15 is 0 Å². The lowest BCUT2D eigenvalue weighted by Gasteiger charge is -2.13. The van der Waals surface area contributed by atoms with Crippen molar-refractivity contribution in [1.82, 2.24) is 5.32 Å². The highest BCUT2D eigenvalue weighted by Crippen LogP contribution is 2.39. The monoisotopic (exact) mass is 307 g/mol. The summed E-state index contributed by atoms with van der Waals surface area (Å²) < 4.78 is 15.7. The summed E-state index contributed by atoms with van der Waals surface area (Å²) in [6.07, 6.45) is 2.23. The van der Waals surface area contributed by atoms with Crippen LogP contribution in [0.4, 0.5) is 0 Å². The first-order valence-corrected chi connectivity index (χ1v) is 6.93. The van der Waals surface area contributed by atoms with Gasteiger partial charge in [-0.25, -0.2) is 0 Å². The third kappa shape index (κ3) is 2.97. The van der Waals surface area contributed by atoms with E-state index in [2.05, 4.69) is 5.32 Å². The van der Waals surface area contributed by atoms with Crippen LogP contribution in [0.2, 0.25) is 5.02 Å². The normalized spacial score (nSPS) is 14.0. The number of halogens is 1. The van der Waals surface area contributed by atoms with Gasteiger partial charge in [-0.1, -0.05) is 11.6 Å². The van der Waals surface area contributed by atoms with Crippen LogP contribution in [0.15, 0.2) is 34.9 Å². The largest absolute Gasteiger partial charge is 0.469 e. The Morgan fingerprint density at radius 2 is 2.29 bits per heavy atom. The van der Waals surface area contributed by atoms with Gasteiger partial charge in [0.1, 0.15) is 5.76 Å². The Hall–Kier alpha value is -2.14. The van der Waals surface area contributed by atoms with Gasteiger partial charge < -0.3 is 19.2 Å². The summed E-state index contributed by atoms with van der Waals surface area (Å²) in [5.74, 6) is 1.59. The maximum absolute atomic E-state index is 12.2. The third-order valence-corrected chi connectivity index (χ3v) is 3.44. The molecule has 1 atom stereocenters. The average Bonchev–Trinajstić information content (AvgIpc) is 3.09. The van der Waals surface area contributed by atoms with E-state index in [-0.39, 0.29) is 18.7 Å². The molecule has 5 nitrogen and oxygen atoms in total. The highest BCUT2D eigenvalue weighted by molar-refractivity contribution is 6.32. The Morgan fingerprint density at radius 3 is 3.05 bits per heavy atom. The highest BCUT2D eigenvalue weighted by atomic mass is 35.5. The molecule has 1 N–H and O–H groups in total. The molecule has 3 rings (SSSR count). The van der Waals surface area contributed by atoms with Gasteiger partial charge in [0.2, 0.25) is 6.79 Å². The SMILES string of the molecule is CC(Cc1ccco1)NC(=O)c1cc(Cl)c2c(c1)OCO2. The number of furan rings is 1. The van der Waals surface area contributed by atoms with Crippen LogP contribution < -0.4 is 14.8 Å². The lowest BCUT2D eigenvalue weighted by Crippen LogP contribution is -2.34. The molecule has 0 aliphatic carbocycles.